The van der Waals surface area contributed by atoms with Crippen molar-refractivity contribution in [2.45, 2.75) is 6.92 Å². The molecule has 19 heavy (non-hydrogen) atoms. The van der Waals surface area contributed by atoms with Crippen molar-refractivity contribution in [3.63, 3.8) is 0 Å². The van der Waals surface area contributed by atoms with E-state index in [2.05, 4.69) is 38.1 Å². The monoisotopic (exact) mass is 322 g/mol. The van der Waals surface area contributed by atoms with E-state index >= 15 is 0 Å². The Bertz CT molecular complexity index is 651. The number of halogens is 1. The first-order valence-electron chi connectivity index (χ1n) is 5.77. The zero-order chi connectivity index (χ0) is 14.0. The minimum atomic E-state index is -0.211. The molecule has 0 atom stereocenters. The third-order valence-corrected chi connectivity index (χ3v) is 3.49. The van der Waals surface area contributed by atoms with Gasteiger partial charge in [-0.1, -0.05) is 6.07 Å². The van der Waals surface area contributed by atoms with Crippen LogP contribution in [0.1, 0.15) is 5.56 Å². The predicted octanol–water partition coefficient (Wildman–Crippen LogP) is 2.65. The number of nitrogens with zero attached hydrogens (tertiary/aromatic N) is 2. The Morgan fingerprint density at radius 3 is 2.79 bits per heavy atom. The van der Waals surface area contributed by atoms with Crippen LogP contribution in [0.2, 0.25) is 0 Å². The zero-order valence-electron chi connectivity index (χ0n) is 11.0. The molecule has 2 N–H and O–H groups in total. The molecule has 0 bridgehead atoms. The molecule has 2 aromatic rings. The topological polar surface area (TPSA) is 61.0 Å². The average molecular weight is 323 g/mol. The molecule has 100 valence electrons. The molecular formula is C13H15BrN4O. The molecule has 0 unspecified atom stereocenters. The summed E-state index contributed by atoms with van der Waals surface area (Å²) in [7, 11) is 3.99. The molecule has 1 aromatic carbocycles. The Labute approximate surface area is 119 Å². The lowest BCUT2D eigenvalue weighted by atomic mass is 10.1. The van der Waals surface area contributed by atoms with E-state index in [1.807, 2.05) is 37.2 Å². The number of hydrogen-bond acceptors (Lipinski definition) is 4. The number of rotatable bonds is 3. The first kappa shape index (κ1) is 13.6. The lowest BCUT2D eigenvalue weighted by Gasteiger charge is -2.17. The molecule has 1 heterocycles. The molecule has 0 saturated carbocycles. The van der Waals surface area contributed by atoms with Crippen LogP contribution < -0.4 is 15.8 Å². The van der Waals surface area contributed by atoms with Gasteiger partial charge in [0, 0.05) is 25.5 Å². The van der Waals surface area contributed by atoms with Crippen molar-refractivity contribution in [3.8, 4) is 0 Å². The van der Waals surface area contributed by atoms with Gasteiger partial charge in [-0.3, -0.25) is 4.79 Å². The highest BCUT2D eigenvalue weighted by atomic mass is 79.9. The Morgan fingerprint density at radius 2 is 2.11 bits per heavy atom. The van der Waals surface area contributed by atoms with Crippen LogP contribution >= 0.6 is 15.9 Å². The molecule has 0 aliphatic heterocycles. The van der Waals surface area contributed by atoms with Crippen molar-refractivity contribution in [1.82, 2.24) is 9.97 Å². The van der Waals surface area contributed by atoms with Gasteiger partial charge in [0.25, 0.3) is 5.56 Å². The van der Waals surface area contributed by atoms with E-state index in [-0.39, 0.29) is 5.56 Å². The van der Waals surface area contributed by atoms with Crippen molar-refractivity contribution in [3.05, 3.63) is 44.9 Å². The largest absolute Gasteiger partial charge is 0.377 e. The van der Waals surface area contributed by atoms with Crippen molar-refractivity contribution in [1.29, 1.82) is 0 Å². The normalized spacial score (nSPS) is 10.3. The minimum absolute atomic E-state index is 0.211. The van der Waals surface area contributed by atoms with Gasteiger partial charge in [-0.05, 0) is 40.5 Å². The number of hydrogen-bond donors (Lipinski definition) is 2. The van der Waals surface area contributed by atoms with Crippen molar-refractivity contribution in [2.24, 2.45) is 0 Å². The molecule has 0 aliphatic carbocycles. The zero-order valence-corrected chi connectivity index (χ0v) is 12.6. The summed E-state index contributed by atoms with van der Waals surface area (Å²) in [5.41, 5.74) is 2.98. The molecule has 6 heteroatoms. The van der Waals surface area contributed by atoms with Crippen LogP contribution in [0, 0.1) is 6.92 Å². The molecule has 0 aliphatic rings. The number of anilines is 3. The highest BCUT2D eigenvalue weighted by Crippen LogP contribution is 2.26. The summed E-state index contributed by atoms with van der Waals surface area (Å²) in [6.45, 7) is 2.06. The van der Waals surface area contributed by atoms with Crippen LogP contribution in [-0.4, -0.2) is 24.1 Å². The number of benzene rings is 1. The third-order valence-electron chi connectivity index (χ3n) is 2.75. The second-order valence-corrected chi connectivity index (χ2v) is 5.21. The quantitative estimate of drug-likeness (QED) is 0.912. The van der Waals surface area contributed by atoms with Gasteiger partial charge in [0.1, 0.15) is 4.47 Å². The van der Waals surface area contributed by atoms with Gasteiger partial charge in [-0.2, -0.15) is 0 Å². The lowest BCUT2D eigenvalue weighted by Crippen LogP contribution is -2.12. The van der Waals surface area contributed by atoms with E-state index < -0.39 is 0 Å². The van der Waals surface area contributed by atoms with Gasteiger partial charge >= 0.3 is 0 Å². The summed E-state index contributed by atoms with van der Waals surface area (Å²) in [5, 5.41) is 3.13. The number of H-pyrrole nitrogens is 1. The molecule has 1 aromatic heterocycles. The second kappa shape index (κ2) is 5.44. The molecule has 0 spiro atoms. The summed E-state index contributed by atoms with van der Waals surface area (Å²) in [4.78, 5) is 20.1. The fourth-order valence-electron chi connectivity index (χ4n) is 1.78. The Balaban J connectivity index is 2.36. The summed E-state index contributed by atoms with van der Waals surface area (Å²) < 4.78 is 0.391. The van der Waals surface area contributed by atoms with E-state index in [4.69, 9.17) is 0 Å². The average Bonchev–Trinajstić information content (AvgIpc) is 2.37. The molecular weight excluding hydrogens is 308 g/mol. The van der Waals surface area contributed by atoms with Gasteiger partial charge in [0.2, 0.25) is 0 Å². The molecule has 5 nitrogen and oxygen atoms in total. The number of aromatic nitrogens is 2. The first-order chi connectivity index (χ1) is 8.99. The van der Waals surface area contributed by atoms with Crippen LogP contribution in [0.5, 0.6) is 0 Å². The van der Waals surface area contributed by atoms with Crippen LogP contribution in [0.3, 0.4) is 0 Å². The van der Waals surface area contributed by atoms with E-state index in [9.17, 15) is 4.79 Å². The maximum atomic E-state index is 11.5. The maximum Gasteiger partial charge on any atom is 0.267 e. The van der Waals surface area contributed by atoms with Crippen LogP contribution in [-0.2, 0) is 0 Å². The Hall–Kier alpha value is -1.82. The molecule has 0 radical (unpaired) electrons. The number of nitrogens with one attached hydrogen (secondary N) is 2. The smallest absolute Gasteiger partial charge is 0.267 e. The standard InChI is InChI=1S/C13H15BrN4O/c1-8-4-5-9(6-10(8)18(2)3)17-12-11(14)13(19)16-7-15-12/h4-7H,1-3H3,(H2,15,16,17,19). The first-order valence-corrected chi connectivity index (χ1v) is 6.56. The van der Waals surface area contributed by atoms with E-state index in [0.717, 1.165) is 11.4 Å². The number of aryl methyl sites for hydroxylation is 1. The fourth-order valence-corrected chi connectivity index (χ4v) is 2.09. The van der Waals surface area contributed by atoms with Crippen molar-refractivity contribution < 1.29 is 0 Å². The summed E-state index contributed by atoms with van der Waals surface area (Å²) in [6.07, 6.45) is 1.37. The van der Waals surface area contributed by atoms with Gasteiger partial charge in [-0.15, -0.1) is 0 Å². The Morgan fingerprint density at radius 1 is 1.37 bits per heavy atom. The highest BCUT2D eigenvalue weighted by Gasteiger charge is 2.07. The van der Waals surface area contributed by atoms with Gasteiger partial charge < -0.3 is 15.2 Å². The van der Waals surface area contributed by atoms with E-state index in [1.54, 1.807) is 0 Å². The van der Waals surface area contributed by atoms with Gasteiger partial charge in [0.15, 0.2) is 5.82 Å². The van der Waals surface area contributed by atoms with Crippen LogP contribution in [0.15, 0.2) is 33.8 Å². The SMILES string of the molecule is Cc1ccc(Nc2nc[nH]c(=O)c2Br)cc1N(C)C. The summed E-state index contributed by atoms with van der Waals surface area (Å²) in [6, 6.07) is 6.00. The predicted molar refractivity (Wildman–Crippen MR) is 81.3 cm³/mol. The number of aromatic amines is 1. The van der Waals surface area contributed by atoms with Gasteiger partial charge in [-0.25, -0.2) is 4.98 Å². The molecule has 0 saturated heterocycles. The fraction of sp³-hybridized carbons (Fsp3) is 0.231. The molecule has 0 amide bonds. The highest BCUT2D eigenvalue weighted by molar-refractivity contribution is 9.10. The second-order valence-electron chi connectivity index (χ2n) is 4.41. The third kappa shape index (κ3) is 2.96. The van der Waals surface area contributed by atoms with Crippen LogP contribution in [0.25, 0.3) is 0 Å². The maximum absolute atomic E-state index is 11.5. The summed E-state index contributed by atoms with van der Waals surface area (Å²) >= 11 is 3.22. The Kier molecular flexibility index (Phi) is 3.90. The molecule has 0 fully saturated rings. The van der Waals surface area contributed by atoms with Crippen LogP contribution in [0.4, 0.5) is 17.2 Å². The summed E-state index contributed by atoms with van der Waals surface area (Å²) in [5.74, 6) is 0.498. The minimum Gasteiger partial charge on any atom is -0.377 e. The van der Waals surface area contributed by atoms with Crippen molar-refractivity contribution in [2.75, 3.05) is 24.3 Å². The van der Waals surface area contributed by atoms with Crippen molar-refractivity contribution >= 4 is 33.1 Å². The lowest BCUT2D eigenvalue weighted by molar-refractivity contribution is 1.10. The molecule has 2 rings (SSSR count). The van der Waals surface area contributed by atoms with Gasteiger partial charge in [0.05, 0.1) is 6.33 Å². The van der Waals surface area contributed by atoms with E-state index in [1.165, 1.54) is 11.9 Å². The van der Waals surface area contributed by atoms with E-state index in [0.29, 0.717) is 10.3 Å².